The van der Waals surface area contributed by atoms with Gasteiger partial charge in [-0.25, -0.2) is 4.79 Å². The summed E-state index contributed by atoms with van der Waals surface area (Å²) in [4.78, 5) is 26.9. The lowest BCUT2D eigenvalue weighted by Gasteiger charge is -2.42. The summed E-state index contributed by atoms with van der Waals surface area (Å²) in [6, 6.07) is 10.4. The van der Waals surface area contributed by atoms with Crippen LogP contribution >= 0.6 is 23.2 Å². The highest BCUT2D eigenvalue weighted by molar-refractivity contribution is 6.42. The van der Waals surface area contributed by atoms with E-state index < -0.39 is 17.7 Å². The average Bonchev–Trinajstić information content (AvgIpc) is 2.64. The van der Waals surface area contributed by atoms with E-state index >= 15 is 0 Å². The van der Waals surface area contributed by atoms with Crippen LogP contribution in [0.3, 0.4) is 0 Å². The zero-order chi connectivity index (χ0) is 20.5. The number of nitrogens with zero attached hydrogens (tertiary/aromatic N) is 1. The molecule has 3 amide bonds. The van der Waals surface area contributed by atoms with Crippen molar-refractivity contribution in [3.05, 3.63) is 58.1 Å². The third-order valence-electron chi connectivity index (χ3n) is 4.56. The van der Waals surface area contributed by atoms with Gasteiger partial charge in [0.2, 0.25) is 0 Å². The van der Waals surface area contributed by atoms with Crippen molar-refractivity contribution in [2.75, 3.05) is 16.8 Å². The van der Waals surface area contributed by atoms with Crippen LogP contribution in [0.1, 0.15) is 25.8 Å². The van der Waals surface area contributed by atoms with Gasteiger partial charge in [-0.15, -0.1) is 0 Å². The Kier molecular flexibility index (Phi) is 5.84. The molecule has 148 valence electrons. The van der Waals surface area contributed by atoms with Gasteiger partial charge in [0.25, 0.3) is 11.6 Å². The topological polar surface area (TPSA) is 81.7 Å². The molecule has 0 saturated heterocycles. The number of hydrogen-bond acceptors (Lipinski definition) is 3. The first-order valence-electron chi connectivity index (χ1n) is 8.91. The molecule has 1 atom stereocenters. The summed E-state index contributed by atoms with van der Waals surface area (Å²) in [5, 5.41) is 17.5. The Labute approximate surface area is 173 Å². The molecule has 0 radical (unpaired) electrons. The van der Waals surface area contributed by atoms with Gasteiger partial charge >= 0.3 is 6.03 Å². The van der Waals surface area contributed by atoms with E-state index in [1.54, 1.807) is 24.3 Å². The van der Waals surface area contributed by atoms with E-state index in [9.17, 15) is 14.7 Å². The van der Waals surface area contributed by atoms with Crippen LogP contribution in [0.25, 0.3) is 0 Å². The fourth-order valence-electron chi connectivity index (χ4n) is 3.08. The largest absolute Gasteiger partial charge is 0.359 e. The van der Waals surface area contributed by atoms with Crippen LogP contribution in [0, 0.1) is 5.92 Å². The number of urea groups is 1. The van der Waals surface area contributed by atoms with Gasteiger partial charge in [0.05, 0.1) is 21.4 Å². The van der Waals surface area contributed by atoms with E-state index in [2.05, 4.69) is 10.6 Å². The number of amides is 3. The predicted molar refractivity (Wildman–Crippen MR) is 111 cm³/mol. The molecule has 1 unspecified atom stereocenters. The minimum absolute atomic E-state index is 0.202. The smallest absolute Gasteiger partial charge is 0.329 e. The number of anilines is 2. The van der Waals surface area contributed by atoms with Gasteiger partial charge in [-0.3, -0.25) is 9.69 Å². The lowest BCUT2D eigenvalue weighted by atomic mass is 9.94. The third-order valence-corrected chi connectivity index (χ3v) is 5.30. The van der Waals surface area contributed by atoms with Crippen molar-refractivity contribution >= 4 is 46.5 Å². The summed E-state index contributed by atoms with van der Waals surface area (Å²) < 4.78 is 0. The maximum atomic E-state index is 13.1. The monoisotopic (exact) mass is 421 g/mol. The predicted octanol–water partition coefficient (Wildman–Crippen LogP) is 4.35. The Balaban J connectivity index is 2.09. The SMILES string of the molecule is CC(C)CCNC(=O)C1(O)c2ccccc2NC(=O)N1c1ccc(Cl)c(Cl)c1. The molecule has 0 spiro atoms. The number of carbonyl (C=O) groups excluding carboxylic acids is 2. The van der Waals surface area contributed by atoms with Crippen molar-refractivity contribution in [1.82, 2.24) is 5.32 Å². The number of para-hydroxylation sites is 1. The van der Waals surface area contributed by atoms with Crippen LogP contribution in [-0.4, -0.2) is 23.6 Å². The molecule has 0 bridgehead atoms. The number of halogens is 2. The summed E-state index contributed by atoms with van der Waals surface area (Å²) in [5.74, 6) is -0.315. The second-order valence-electron chi connectivity index (χ2n) is 7.02. The first-order valence-corrected chi connectivity index (χ1v) is 9.67. The number of rotatable bonds is 5. The molecule has 0 aromatic heterocycles. The molecule has 28 heavy (non-hydrogen) atoms. The Morgan fingerprint density at radius 1 is 1.21 bits per heavy atom. The second-order valence-corrected chi connectivity index (χ2v) is 7.83. The van der Waals surface area contributed by atoms with Crippen LogP contribution in [-0.2, 0) is 10.5 Å². The highest BCUT2D eigenvalue weighted by Gasteiger charge is 2.51. The molecule has 1 aliphatic heterocycles. The fourth-order valence-corrected chi connectivity index (χ4v) is 3.38. The van der Waals surface area contributed by atoms with E-state index in [0.29, 0.717) is 23.2 Å². The molecule has 2 aromatic carbocycles. The first-order chi connectivity index (χ1) is 13.2. The standard InChI is InChI=1S/C20H21Cl2N3O3/c1-12(2)9-10-23-18(26)20(28)14-5-3-4-6-17(14)24-19(27)25(20)13-7-8-15(21)16(22)11-13/h3-8,11-12,28H,9-10H2,1-2H3,(H,23,26)(H,24,27). The molecule has 1 aliphatic rings. The minimum atomic E-state index is -2.24. The van der Waals surface area contributed by atoms with Crippen molar-refractivity contribution in [2.45, 2.75) is 26.0 Å². The summed E-state index contributed by atoms with van der Waals surface area (Å²) in [6.45, 7) is 4.44. The Morgan fingerprint density at radius 2 is 1.93 bits per heavy atom. The fraction of sp³-hybridized carbons (Fsp3) is 0.300. The van der Waals surface area contributed by atoms with Crippen LogP contribution in [0.15, 0.2) is 42.5 Å². The van der Waals surface area contributed by atoms with E-state index in [1.807, 2.05) is 13.8 Å². The number of carbonyl (C=O) groups is 2. The normalized spacial score (nSPS) is 18.6. The molecular formula is C20H21Cl2N3O3. The van der Waals surface area contributed by atoms with Crippen LogP contribution < -0.4 is 15.5 Å². The van der Waals surface area contributed by atoms with Gasteiger partial charge in [0.1, 0.15) is 0 Å². The van der Waals surface area contributed by atoms with Gasteiger partial charge in [-0.05, 0) is 36.6 Å². The quantitative estimate of drug-likeness (QED) is 0.670. The van der Waals surface area contributed by atoms with E-state index in [1.165, 1.54) is 18.2 Å². The van der Waals surface area contributed by atoms with Crippen molar-refractivity contribution in [3.63, 3.8) is 0 Å². The highest BCUT2D eigenvalue weighted by Crippen LogP contribution is 2.41. The molecule has 3 N–H and O–H groups in total. The molecular weight excluding hydrogens is 401 g/mol. The Hall–Kier alpha value is -2.28. The lowest BCUT2D eigenvalue weighted by molar-refractivity contribution is -0.140. The van der Waals surface area contributed by atoms with E-state index in [0.717, 1.165) is 11.3 Å². The van der Waals surface area contributed by atoms with Crippen LogP contribution in [0.4, 0.5) is 16.2 Å². The molecule has 6 nitrogen and oxygen atoms in total. The van der Waals surface area contributed by atoms with Crippen molar-refractivity contribution in [3.8, 4) is 0 Å². The summed E-state index contributed by atoms with van der Waals surface area (Å²) in [6.07, 6.45) is 0.739. The second kappa shape index (κ2) is 7.99. The zero-order valence-electron chi connectivity index (χ0n) is 15.5. The minimum Gasteiger partial charge on any atom is -0.359 e. The maximum absolute atomic E-state index is 13.1. The molecule has 0 aliphatic carbocycles. The van der Waals surface area contributed by atoms with Gasteiger partial charge < -0.3 is 15.7 Å². The molecule has 0 saturated carbocycles. The molecule has 8 heteroatoms. The van der Waals surface area contributed by atoms with Crippen LogP contribution in [0.5, 0.6) is 0 Å². The summed E-state index contributed by atoms with van der Waals surface area (Å²) in [5.41, 5.74) is -1.37. The van der Waals surface area contributed by atoms with Crippen molar-refractivity contribution in [2.24, 2.45) is 5.92 Å². The van der Waals surface area contributed by atoms with Gasteiger partial charge in [0.15, 0.2) is 0 Å². The maximum Gasteiger partial charge on any atom is 0.329 e. The Morgan fingerprint density at radius 3 is 2.61 bits per heavy atom. The van der Waals surface area contributed by atoms with Crippen molar-refractivity contribution < 1.29 is 14.7 Å². The van der Waals surface area contributed by atoms with E-state index in [-0.39, 0.29) is 16.3 Å². The van der Waals surface area contributed by atoms with Gasteiger partial charge in [-0.2, -0.15) is 0 Å². The molecule has 3 rings (SSSR count). The molecule has 0 fully saturated rings. The zero-order valence-corrected chi connectivity index (χ0v) is 17.0. The number of hydrogen-bond donors (Lipinski definition) is 3. The number of benzene rings is 2. The molecule has 1 heterocycles. The summed E-state index contributed by atoms with van der Waals surface area (Å²) >= 11 is 12.1. The van der Waals surface area contributed by atoms with Gasteiger partial charge in [0, 0.05) is 12.1 Å². The number of nitrogens with one attached hydrogen (secondary N) is 2. The summed E-state index contributed by atoms with van der Waals surface area (Å²) in [7, 11) is 0. The lowest BCUT2D eigenvalue weighted by Crippen LogP contribution is -2.62. The number of aliphatic hydroxyl groups is 1. The molecule has 2 aromatic rings. The first kappa shape index (κ1) is 20.5. The van der Waals surface area contributed by atoms with Gasteiger partial charge in [-0.1, -0.05) is 55.2 Å². The Bertz CT molecular complexity index is 919. The van der Waals surface area contributed by atoms with Crippen LogP contribution in [0.2, 0.25) is 10.0 Å². The number of fused-ring (bicyclic) bond motifs is 1. The third kappa shape index (κ3) is 3.68. The van der Waals surface area contributed by atoms with E-state index in [4.69, 9.17) is 23.2 Å². The average molecular weight is 422 g/mol. The van der Waals surface area contributed by atoms with Crippen molar-refractivity contribution in [1.29, 1.82) is 0 Å². The highest BCUT2D eigenvalue weighted by atomic mass is 35.5.